The van der Waals surface area contributed by atoms with Crippen molar-refractivity contribution in [2.45, 2.75) is 45.6 Å². The molecule has 0 spiro atoms. The van der Waals surface area contributed by atoms with Crippen molar-refractivity contribution >= 4 is 17.8 Å². The van der Waals surface area contributed by atoms with Crippen LogP contribution in [0.2, 0.25) is 0 Å². The van der Waals surface area contributed by atoms with Gasteiger partial charge in [0.1, 0.15) is 6.04 Å². The van der Waals surface area contributed by atoms with Gasteiger partial charge in [-0.2, -0.15) is 0 Å². The molecule has 0 aromatic heterocycles. The molecule has 2 amide bonds. The third-order valence-electron chi connectivity index (χ3n) is 4.48. The monoisotopic (exact) mass is 296 g/mol. The number of rotatable bonds is 4. The summed E-state index contributed by atoms with van der Waals surface area (Å²) in [4.78, 5) is 39.1. The molecule has 6 nitrogen and oxygen atoms in total. The quantitative estimate of drug-likeness (QED) is 0.838. The van der Waals surface area contributed by atoms with E-state index in [1.54, 1.807) is 9.80 Å². The summed E-state index contributed by atoms with van der Waals surface area (Å²) in [6.07, 6.45) is 2.50. The molecule has 3 atom stereocenters. The Balaban J connectivity index is 2.09. The molecule has 3 unspecified atom stereocenters. The summed E-state index contributed by atoms with van der Waals surface area (Å²) in [5.41, 5.74) is 0. The first-order chi connectivity index (χ1) is 9.93. The third kappa shape index (κ3) is 3.36. The van der Waals surface area contributed by atoms with E-state index in [-0.39, 0.29) is 24.3 Å². The molecular formula is C15H24N2O4. The van der Waals surface area contributed by atoms with Gasteiger partial charge in [0, 0.05) is 26.1 Å². The Kier molecular flexibility index (Phi) is 4.85. The second-order valence-electron chi connectivity index (χ2n) is 6.23. The largest absolute Gasteiger partial charge is 0.481 e. The zero-order valence-corrected chi connectivity index (χ0v) is 12.7. The highest BCUT2D eigenvalue weighted by Gasteiger charge is 2.38. The van der Waals surface area contributed by atoms with E-state index in [2.05, 4.69) is 0 Å². The Bertz CT molecular complexity index is 437. The van der Waals surface area contributed by atoms with Crippen molar-refractivity contribution in [3.05, 3.63) is 0 Å². The van der Waals surface area contributed by atoms with E-state index in [9.17, 15) is 19.5 Å². The van der Waals surface area contributed by atoms with Gasteiger partial charge in [-0.3, -0.25) is 14.4 Å². The van der Waals surface area contributed by atoms with E-state index < -0.39 is 17.9 Å². The minimum atomic E-state index is -0.843. The first-order valence-corrected chi connectivity index (χ1v) is 7.75. The van der Waals surface area contributed by atoms with Crippen LogP contribution in [0.4, 0.5) is 0 Å². The van der Waals surface area contributed by atoms with Crippen molar-refractivity contribution in [1.82, 2.24) is 9.80 Å². The number of nitrogens with zero attached hydrogens (tertiary/aromatic N) is 2. The summed E-state index contributed by atoms with van der Waals surface area (Å²) < 4.78 is 0. The lowest BCUT2D eigenvalue weighted by Gasteiger charge is -2.38. The summed E-state index contributed by atoms with van der Waals surface area (Å²) >= 11 is 0. The lowest BCUT2D eigenvalue weighted by molar-refractivity contribution is -0.151. The van der Waals surface area contributed by atoms with Gasteiger partial charge < -0.3 is 14.9 Å². The second-order valence-corrected chi connectivity index (χ2v) is 6.23. The average Bonchev–Trinajstić information content (AvgIpc) is 2.85. The summed E-state index contributed by atoms with van der Waals surface area (Å²) in [7, 11) is 0. The van der Waals surface area contributed by atoms with Crippen molar-refractivity contribution in [2.24, 2.45) is 11.8 Å². The summed E-state index contributed by atoms with van der Waals surface area (Å²) in [5.74, 6) is -1.22. The fourth-order valence-electron chi connectivity index (χ4n) is 3.45. The molecule has 2 aliphatic rings. The molecule has 21 heavy (non-hydrogen) atoms. The van der Waals surface area contributed by atoms with Gasteiger partial charge in [-0.1, -0.05) is 13.8 Å². The first-order valence-electron chi connectivity index (χ1n) is 7.75. The lowest BCUT2D eigenvalue weighted by atomic mass is 9.90. The number of carbonyl (C=O) groups is 3. The molecule has 2 rings (SSSR count). The molecule has 0 aliphatic carbocycles. The SMILES string of the molecule is CCC(C(=O)N1CC(C)CC(C(=O)O)C1)N1CCCC1=O. The summed E-state index contributed by atoms with van der Waals surface area (Å²) in [5, 5.41) is 9.20. The van der Waals surface area contributed by atoms with Crippen molar-refractivity contribution in [1.29, 1.82) is 0 Å². The molecule has 0 saturated carbocycles. The smallest absolute Gasteiger partial charge is 0.308 e. The third-order valence-corrected chi connectivity index (χ3v) is 4.48. The van der Waals surface area contributed by atoms with E-state index in [0.29, 0.717) is 32.4 Å². The van der Waals surface area contributed by atoms with E-state index >= 15 is 0 Å². The zero-order valence-electron chi connectivity index (χ0n) is 12.7. The van der Waals surface area contributed by atoms with Gasteiger partial charge in [0.25, 0.3) is 0 Å². The van der Waals surface area contributed by atoms with Gasteiger partial charge in [0.05, 0.1) is 5.92 Å². The molecule has 2 fully saturated rings. The Labute approximate surface area is 125 Å². The summed E-state index contributed by atoms with van der Waals surface area (Å²) in [6.45, 7) is 5.35. The van der Waals surface area contributed by atoms with Crippen LogP contribution in [0.1, 0.15) is 39.5 Å². The van der Waals surface area contributed by atoms with Gasteiger partial charge in [-0.25, -0.2) is 0 Å². The van der Waals surface area contributed by atoms with Crippen LogP contribution in [0.3, 0.4) is 0 Å². The lowest BCUT2D eigenvalue weighted by Crippen LogP contribution is -2.53. The number of amides is 2. The predicted octanol–water partition coefficient (Wildman–Crippen LogP) is 0.957. The van der Waals surface area contributed by atoms with Gasteiger partial charge in [-0.05, 0) is 25.2 Å². The highest BCUT2D eigenvalue weighted by molar-refractivity contribution is 5.89. The van der Waals surface area contributed by atoms with Crippen molar-refractivity contribution < 1.29 is 19.5 Å². The van der Waals surface area contributed by atoms with Crippen LogP contribution in [0.15, 0.2) is 0 Å². The van der Waals surface area contributed by atoms with Crippen LogP contribution < -0.4 is 0 Å². The standard InChI is InChI=1S/C15H24N2O4/c1-3-12(17-6-4-5-13(17)18)14(19)16-8-10(2)7-11(9-16)15(20)21/h10-12H,3-9H2,1-2H3,(H,20,21). The van der Waals surface area contributed by atoms with Gasteiger partial charge in [0.15, 0.2) is 0 Å². The van der Waals surface area contributed by atoms with E-state index in [1.807, 2.05) is 13.8 Å². The maximum absolute atomic E-state index is 12.7. The highest BCUT2D eigenvalue weighted by Crippen LogP contribution is 2.25. The molecule has 1 N–H and O–H groups in total. The number of aliphatic carboxylic acids is 1. The molecule has 2 aliphatic heterocycles. The van der Waals surface area contributed by atoms with Crippen molar-refractivity contribution in [3.63, 3.8) is 0 Å². The molecule has 2 heterocycles. The number of carboxylic acids is 1. The molecule has 118 valence electrons. The fourth-order valence-corrected chi connectivity index (χ4v) is 3.45. The van der Waals surface area contributed by atoms with Gasteiger partial charge >= 0.3 is 5.97 Å². The predicted molar refractivity (Wildman–Crippen MR) is 76.5 cm³/mol. The zero-order chi connectivity index (χ0) is 15.6. The number of likely N-dealkylation sites (tertiary alicyclic amines) is 2. The number of hydrogen-bond acceptors (Lipinski definition) is 3. The number of carbonyl (C=O) groups excluding carboxylic acids is 2. The van der Waals surface area contributed by atoms with Crippen LogP contribution in [0, 0.1) is 11.8 Å². The molecule has 2 saturated heterocycles. The Morgan fingerprint density at radius 3 is 2.62 bits per heavy atom. The molecule has 0 bridgehead atoms. The van der Waals surface area contributed by atoms with E-state index in [4.69, 9.17) is 0 Å². The number of carboxylic acid groups (broad SMARTS) is 1. The normalized spacial score (nSPS) is 27.8. The van der Waals surface area contributed by atoms with Crippen molar-refractivity contribution in [3.8, 4) is 0 Å². The summed E-state index contributed by atoms with van der Waals surface area (Å²) in [6, 6.07) is -0.431. The van der Waals surface area contributed by atoms with Crippen molar-refractivity contribution in [2.75, 3.05) is 19.6 Å². The van der Waals surface area contributed by atoms with E-state index in [1.165, 1.54) is 0 Å². The maximum atomic E-state index is 12.7. The van der Waals surface area contributed by atoms with E-state index in [0.717, 1.165) is 6.42 Å². The molecule has 0 aromatic rings. The topological polar surface area (TPSA) is 77.9 Å². The Morgan fingerprint density at radius 2 is 2.10 bits per heavy atom. The average molecular weight is 296 g/mol. The van der Waals surface area contributed by atoms with Crippen LogP contribution in [0.25, 0.3) is 0 Å². The molecule has 6 heteroatoms. The molecule has 0 aromatic carbocycles. The van der Waals surface area contributed by atoms with Gasteiger partial charge in [0.2, 0.25) is 11.8 Å². The Morgan fingerprint density at radius 1 is 1.38 bits per heavy atom. The second kappa shape index (κ2) is 6.45. The number of hydrogen-bond donors (Lipinski definition) is 1. The van der Waals surface area contributed by atoms with Gasteiger partial charge in [-0.15, -0.1) is 0 Å². The molecular weight excluding hydrogens is 272 g/mol. The highest BCUT2D eigenvalue weighted by atomic mass is 16.4. The fraction of sp³-hybridized carbons (Fsp3) is 0.800. The maximum Gasteiger partial charge on any atom is 0.308 e. The number of piperidine rings is 1. The van der Waals surface area contributed by atoms with Crippen LogP contribution >= 0.6 is 0 Å². The minimum Gasteiger partial charge on any atom is -0.481 e. The van der Waals surface area contributed by atoms with Crippen LogP contribution in [0.5, 0.6) is 0 Å². The first kappa shape index (κ1) is 15.8. The van der Waals surface area contributed by atoms with Crippen LogP contribution in [-0.2, 0) is 14.4 Å². The Hall–Kier alpha value is -1.59. The van der Waals surface area contributed by atoms with Crippen LogP contribution in [-0.4, -0.2) is 58.4 Å². The molecule has 0 radical (unpaired) electrons. The minimum absolute atomic E-state index is 0.0371.